The summed E-state index contributed by atoms with van der Waals surface area (Å²) in [5, 5.41) is 12.4. The van der Waals surface area contributed by atoms with E-state index in [0.717, 1.165) is 5.56 Å². The van der Waals surface area contributed by atoms with Crippen LogP contribution in [0.25, 0.3) is 0 Å². The molecule has 96 valence electrons. The normalized spacial score (nSPS) is 10.0. The lowest BCUT2D eigenvalue weighted by Gasteiger charge is -2.09. The summed E-state index contributed by atoms with van der Waals surface area (Å²) in [4.78, 5) is 0. The second-order valence-electron chi connectivity index (χ2n) is 3.90. The highest BCUT2D eigenvalue weighted by Gasteiger charge is 2.04. The van der Waals surface area contributed by atoms with Gasteiger partial charge in [0.1, 0.15) is 5.82 Å². The lowest BCUT2D eigenvalue weighted by atomic mass is 10.1. The Morgan fingerprint density at radius 3 is 2.53 bits per heavy atom. The predicted molar refractivity (Wildman–Crippen MR) is 74.9 cm³/mol. The van der Waals surface area contributed by atoms with Gasteiger partial charge in [0, 0.05) is 17.3 Å². The maximum absolute atomic E-state index is 13.0. The molecule has 0 saturated heterocycles. The van der Waals surface area contributed by atoms with Crippen LogP contribution in [0.4, 0.5) is 10.1 Å². The molecule has 0 spiro atoms. The molecular weight excluding hydrogens is 286 g/mol. The summed E-state index contributed by atoms with van der Waals surface area (Å²) in [5.41, 5.74) is 2.06. The maximum Gasteiger partial charge on any atom is 0.141 e. The van der Waals surface area contributed by atoms with Gasteiger partial charge in [0.25, 0.3) is 0 Å². The van der Waals surface area contributed by atoms with Crippen LogP contribution in [0.2, 0.25) is 10.0 Å². The summed E-state index contributed by atoms with van der Waals surface area (Å²) in [6, 6.07) is 11.5. The highest BCUT2D eigenvalue weighted by molar-refractivity contribution is 6.31. The highest BCUT2D eigenvalue weighted by atomic mass is 35.5. The van der Waals surface area contributed by atoms with E-state index in [0.29, 0.717) is 22.8 Å². The Morgan fingerprint density at radius 1 is 1.11 bits per heavy atom. The second-order valence-corrected chi connectivity index (χ2v) is 4.71. The molecule has 0 radical (unpaired) electrons. The molecule has 0 heterocycles. The van der Waals surface area contributed by atoms with E-state index in [1.54, 1.807) is 24.3 Å². The number of benzene rings is 2. The zero-order chi connectivity index (χ0) is 13.8. The molecule has 5 heteroatoms. The van der Waals surface area contributed by atoms with E-state index in [-0.39, 0.29) is 5.02 Å². The topological polar surface area (TPSA) is 35.8 Å². The summed E-state index contributed by atoms with van der Waals surface area (Å²) >= 11 is 11.7. The van der Waals surface area contributed by atoms with Crippen LogP contribution < -0.4 is 5.32 Å². The largest absolute Gasteiger partial charge is 0.381 e. The first-order valence-electron chi connectivity index (χ1n) is 5.47. The van der Waals surface area contributed by atoms with Gasteiger partial charge in [-0.25, -0.2) is 4.39 Å². The zero-order valence-electron chi connectivity index (χ0n) is 9.75. The molecule has 0 fully saturated rings. The molecule has 0 saturated carbocycles. The van der Waals surface area contributed by atoms with Crippen LogP contribution >= 0.6 is 23.2 Å². The van der Waals surface area contributed by atoms with Crippen LogP contribution in [0.5, 0.6) is 0 Å². The molecular formula is C14H9Cl2FN2. The first kappa shape index (κ1) is 13.7. The Hall–Kier alpha value is -1.76. The smallest absolute Gasteiger partial charge is 0.141 e. The molecule has 0 atom stereocenters. The quantitative estimate of drug-likeness (QED) is 0.897. The van der Waals surface area contributed by atoms with Gasteiger partial charge in [0.15, 0.2) is 0 Å². The van der Waals surface area contributed by atoms with Gasteiger partial charge in [0.05, 0.1) is 16.7 Å². The molecule has 0 aliphatic heterocycles. The van der Waals surface area contributed by atoms with E-state index < -0.39 is 5.82 Å². The number of nitriles is 1. The van der Waals surface area contributed by atoms with Gasteiger partial charge in [-0.15, -0.1) is 0 Å². The lowest BCUT2D eigenvalue weighted by molar-refractivity contribution is 0.628. The molecule has 0 aromatic heterocycles. The van der Waals surface area contributed by atoms with Crippen LogP contribution in [0, 0.1) is 17.1 Å². The maximum atomic E-state index is 13.0. The summed E-state index contributed by atoms with van der Waals surface area (Å²) in [5.74, 6) is -0.455. The second kappa shape index (κ2) is 5.92. The van der Waals surface area contributed by atoms with Crippen LogP contribution in [-0.2, 0) is 6.54 Å². The minimum atomic E-state index is -0.455. The third kappa shape index (κ3) is 3.37. The lowest BCUT2D eigenvalue weighted by Crippen LogP contribution is -2.00. The number of hydrogen-bond acceptors (Lipinski definition) is 2. The van der Waals surface area contributed by atoms with Gasteiger partial charge < -0.3 is 5.32 Å². The van der Waals surface area contributed by atoms with E-state index >= 15 is 0 Å². The van der Waals surface area contributed by atoms with E-state index in [4.69, 9.17) is 28.5 Å². The predicted octanol–water partition coefficient (Wildman–Crippen LogP) is 4.62. The van der Waals surface area contributed by atoms with Crippen molar-refractivity contribution in [3.8, 4) is 6.07 Å². The Morgan fingerprint density at radius 2 is 1.89 bits per heavy atom. The van der Waals surface area contributed by atoms with Crippen molar-refractivity contribution in [1.82, 2.24) is 0 Å². The number of hydrogen-bond donors (Lipinski definition) is 1. The molecule has 0 aliphatic carbocycles. The van der Waals surface area contributed by atoms with Crippen molar-refractivity contribution in [1.29, 1.82) is 5.26 Å². The molecule has 2 aromatic rings. The number of rotatable bonds is 3. The first-order chi connectivity index (χ1) is 9.10. The minimum Gasteiger partial charge on any atom is -0.381 e. The molecule has 0 aliphatic rings. The monoisotopic (exact) mass is 294 g/mol. The fraction of sp³-hybridized carbons (Fsp3) is 0.0714. The highest BCUT2D eigenvalue weighted by Crippen LogP contribution is 2.22. The van der Waals surface area contributed by atoms with Crippen LogP contribution in [0.1, 0.15) is 11.1 Å². The zero-order valence-corrected chi connectivity index (χ0v) is 11.3. The third-order valence-electron chi connectivity index (χ3n) is 2.58. The van der Waals surface area contributed by atoms with E-state index in [1.165, 1.54) is 12.1 Å². The van der Waals surface area contributed by atoms with Crippen molar-refractivity contribution < 1.29 is 4.39 Å². The van der Waals surface area contributed by atoms with E-state index in [2.05, 4.69) is 5.32 Å². The van der Waals surface area contributed by atoms with E-state index in [1.807, 2.05) is 6.07 Å². The fourth-order valence-corrected chi connectivity index (χ4v) is 1.99. The third-order valence-corrected chi connectivity index (χ3v) is 3.23. The van der Waals surface area contributed by atoms with Gasteiger partial charge in [0.2, 0.25) is 0 Å². The van der Waals surface area contributed by atoms with Crippen LogP contribution in [0.3, 0.4) is 0 Å². The van der Waals surface area contributed by atoms with Crippen molar-refractivity contribution >= 4 is 28.9 Å². The molecule has 19 heavy (non-hydrogen) atoms. The number of halogens is 3. The average Bonchev–Trinajstić information content (AvgIpc) is 2.41. The summed E-state index contributed by atoms with van der Waals surface area (Å²) < 4.78 is 13.0. The molecule has 2 aromatic carbocycles. The van der Waals surface area contributed by atoms with Gasteiger partial charge in [-0.3, -0.25) is 0 Å². The minimum absolute atomic E-state index is 0.0657. The van der Waals surface area contributed by atoms with Crippen molar-refractivity contribution in [2.24, 2.45) is 0 Å². The van der Waals surface area contributed by atoms with Crippen molar-refractivity contribution in [2.45, 2.75) is 6.54 Å². The standard InChI is InChI=1S/C14H9Cl2FN2/c15-12-5-9(7-18)1-2-10(12)8-19-11-3-4-14(17)13(16)6-11/h1-6,19H,8H2. The van der Waals surface area contributed by atoms with Crippen LogP contribution in [-0.4, -0.2) is 0 Å². The molecule has 1 N–H and O–H groups in total. The molecule has 0 unspecified atom stereocenters. The molecule has 2 rings (SSSR count). The van der Waals surface area contributed by atoms with Gasteiger partial charge in [-0.2, -0.15) is 5.26 Å². The Balaban J connectivity index is 2.10. The van der Waals surface area contributed by atoms with Gasteiger partial charge in [-0.05, 0) is 35.9 Å². The number of nitrogens with one attached hydrogen (secondary N) is 1. The Bertz CT molecular complexity index is 650. The van der Waals surface area contributed by atoms with Crippen molar-refractivity contribution in [2.75, 3.05) is 5.32 Å². The van der Waals surface area contributed by atoms with Crippen LogP contribution in [0.15, 0.2) is 36.4 Å². The van der Waals surface area contributed by atoms with Crippen molar-refractivity contribution in [3.63, 3.8) is 0 Å². The first-order valence-corrected chi connectivity index (χ1v) is 6.23. The summed E-state index contributed by atoms with van der Waals surface area (Å²) in [6.45, 7) is 0.465. The molecule has 0 bridgehead atoms. The van der Waals surface area contributed by atoms with Gasteiger partial charge >= 0.3 is 0 Å². The average molecular weight is 295 g/mol. The van der Waals surface area contributed by atoms with Gasteiger partial charge in [-0.1, -0.05) is 29.3 Å². The Labute approximate surface area is 120 Å². The molecule has 0 amide bonds. The summed E-state index contributed by atoms with van der Waals surface area (Å²) in [7, 11) is 0. The summed E-state index contributed by atoms with van der Waals surface area (Å²) in [6.07, 6.45) is 0. The molecule has 2 nitrogen and oxygen atoms in total. The number of nitrogens with zero attached hydrogens (tertiary/aromatic N) is 1. The van der Waals surface area contributed by atoms with E-state index in [9.17, 15) is 4.39 Å². The van der Waals surface area contributed by atoms with Crippen molar-refractivity contribution in [3.05, 3.63) is 63.4 Å². The Kier molecular flexibility index (Phi) is 4.26. The fourth-order valence-electron chi connectivity index (χ4n) is 1.56. The number of anilines is 1. The SMILES string of the molecule is N#Cc1ccc(CNc2ccc(F)c(Cl)c2)c(Cl)c1.